The first-order valence-electron chi connectivity index (χ1n) is 10.6. The largest absolute Gasteiger partial charge is 0.493 e. The average Bonchev–Trinajstić information content (AvgIpc) is 2.76. The molecule has 9 heteroatoms. The first kappa shape index (κ1) is 24.1. The van der Waals surface area contributed by atoms with Gasteiger partial charge in [0.2, 0.25) is 5.91 Å². The summed E-state index contributed by atoms with van der Waals surface area (Å²) in [4.78, 5) is 32.1. The third-order valence-corrected chi connectivity index (χ3v) is 5.98. The Bertz CT molecular complexity index is 927. The second kappa shape index (κ2) is 10.9. The zero-order chi connectivity index (χ0) is 23.3. The zero-order valence-corrected chi connectivity index (χ0v) is 20.0. The number of aliphatic imine (C=N–C) groups is 1. The van der Waals surface area contributed by atoms with E-state index < -0.39 is 12.0 Å². The second-order valence-electron chi connectivity index (χ2n) is 7.90. The van der Waals surface area contributed by atoms with E-state index in [1.165, 1.54) is 18.9 Å². The van der Waals surface area contributed by atoms with Crippen molar-refractivity contribution in [3.63, 3.8) is 0 Å². The van der Waals surface area contributed by atoms with Crippen molar-refractivity contribution in [2.75, 3.05) is 39.8 Å². The summed E-state index contributed by atoms with van der Waals surface area (Å²) >= 11 is 1.51. The molecule has 1 amide bonds. The summed E-state index contributed by atoms with van der Waals surface area (Å²) in [6.45, 7) is 6.85. The number of carbonyl (C=O) groups excluding carboxylic acids is 2. The summed E-state index contributed by atoms with van der Waals surface area (Å²) in [6, 6.07) is 4.82. The van der Waals surface area contributed by atoms with Gasteiger partial charge in [0, 0.05) is 19.3 Å². The van der Waals surface area contributed by atoms with E-state index in [9.17, 15) is 9.59 Å². The molecule has 1 saturated heterocycles. The van der Waals surface area contributed by atoms with Gasteiger partial charge in [-0.25, -0.2) is 9.79 Å². The Morgan fingerprint density at radius 1 is 1.25 bits per heavy atom. The molecule has 3 rings (SSSR count). The maximum atomic E-state index is 13.0. The lowest BCUT2D eigenvalue weighted by molar-refractivity contribution is -0.141. The van der Waals surface area contributed by atoms with E-state index in [4.69, 9.17) is 18.9 Å². The number of nitrogens with zero attached hydrogens (tertiary/aromatic N) is 2. The average molecular weight is 463 g/mol. The number of hydrogen-bond acceptors (Lipinski definition) is 8. The normalized spacial score (nSPS) is 18.4. The number of carbonyl (C=O) groups is 2. The van der Waals surface area contributed by atoms with Gasteiger partial charge < -0.3 is 18.9 Å². The van der Waals surface area contributed by atoms with Crippen LogP contribution < -0.4 is 9.47 Å². The van der Waals surface area contributed by atoms with Crippen LogP contribution in [0.15, 0.2) is 34.5 Å². The summed E-state index contributed by atoms with van der Waals surface area (Å²) in [5.74, 6) is 1.57. The van der Waals surface area contributed by atoms with Crippen molar-refractivity contribution in [1.82, 2.24) is 4.90 Å². The van der Waals surface area contributed by atoms with Gasteiger partial charge in [-0.05, 0) is 30.5 Å². The van der Waals surface area contributed by atoms with E-state index in [1.54, 1.807) is 18.9 Å². The Labute approximate surface area is 192 Å². The Hall–Kier alpha value is -2.52. The topological polar surface area (TPSA) is 86.7 Å². The predicted octanol–water partition coefficient (Wildman–Crippen LogP) is 3.57. The maximum absolute atomic E-state index is 13.0. The molecule has 1 aromatic carbocycles. The van der Waals surface area contributed by atoms with Crippen molar-refractivity contribution in [2.24, 2.45) is 10.9 Å². The van der Waals surface area contributed by atoms with E-state index in [0.717, 1.165) is 5.56 Å². The van der Waals surface area contributed by atoms with Crippen LogP contribution in [0.3, 0.4) is 0 Å². The lowest BCUT2D eigenvalue weighted by Crippen LogP contribution is -2.45. The number of hydrogen-bond donors (Lipinski definition) is 0. The molecule has 0 unspecified atom stereocenters. The molecule has 174 valence electrons. The van der Waals surface area contributed by atoms with Crippen LogP contribution in [0.1, 0.15) is 38.8 Å². The number of benzene rings is 1. The molecule has 8 nitrogen and oxygen atoms in total. The number of amidine groups is 1. The number of fused-ring (bicyclic) bond motifs is 1. The minimum absolute atomic E-state index is 0.0821. The Kier molecular flexibility index (Phi) is 8.20. The molecule has 0 bridgehead atoms. The maximum Gasteiger partial charge on any atom is 0.338 e. The summed E-state index contributed by atoms with van der Waals surface area (Å²) in [5.41, 5.74) is 1.59. The summed E-state index contributed by atoms with van der Waals surface area (Å²) in [6.07, 6.45) is 0.373. The van der Waals surface area contributed by atoms with Gasteiger partial charge in [0.15, 0.2) is 16.7 Å². The molecular weight excluding hydrogens is 432 g/mol. The number of amides is 1. The molecule has 1 aromatic rings. The molecule has 0 aliphatic carbocycles. The molecule has 32 heavy (non-hydrogen) atoms. The highest BCUT2D eigenvalue weighted by molar-refractivity contribution is 8.14. The standard InChI is InChI=1S/C23H30N2O6S/c1-14(2)13-31-17-7-6-16(12-18(17)29-5)21-20(22(27)30-10-9-28-4)15(3)24-23-25(21)19(26)8-11-32-23/h6-7,12,14,21H,8-11,13H2,1-5H3/t21-/m1/s1. The van der Waals surface area contributed by atoms with E-state index in [1.807, 2.05) is 18.2 Å². The Morgan fingerprint density at radius 2 is 2.03 bits per heavy atom. The van der Waals surface area contributed by atoms with Crippen LogP contribution >= 0.6 is 11.8 Å². The zero-order valence-electron chi connectivity index (χ0n) is 19.2. The quantitative estimate of drug-likeness (QED) is 0.410. The minimum Gasteiger partial charge on any atom is -0.493 e. The van der Waals surface area contributed by atoms with Crippen LogP contribution in [0.25, 0.3) is 0 Å². The molecule has 2 aliphatic heterocycles. The molecular formula is C23H30N2O6S. The van der Waals surface area contributed by atoms with Gasteiger partial charge in [-0.15, -0.1) is 0 Å². The number of allylic oxidation sites excluding steroid dienone is 1. The molecule has 0 radical (unpaired) electrons. The van der Waals surface area contributed by atoms with Gasteiger partial charge in [-0.1, -0.05) is 31.7 Å². The molecule has 0 N–H and O–H groups in total. The molecule has 1 atom stereocenters. The van der Waals surface area contributed by atoms with Crippen molar-refractivity contribution in [3.05, 3.63) is 35.0 Å². The molecule has 2 aliphatic rings. The fourth-order valence-electron chi connectivity index (χ4n) is 3.50. The van der Waals surface area contributed by atoms with E-state index in [-0.39, 0.29) is 19.1 Å². The van der Waals surface area contributed by atoms with Gasteiger partial charge >= 0.3 is 5.97 Å². The lowest BCUT2D eigenvalue weighted by atomic mass is 9.93. The van der Waals surface area contributed by atoms with Crippen LogP contribution in [0.5, 0.6) is 11.5 Å². The van der Waals surface area contributed by atoms with Crippen LogP contribution in [0.2, 0.25) is 0 Å². The lowest BCUT2D eigenvalue weighted by Gasteiger charge is -2.39. The summed E-state index contributed by atoms with van der Waals surface area (Å²) < 4.78 is 21.8. The van der Waals surface area contributed by atoms with Crippen molar-refractivity contribution in [3.8, 4) is 11.5 Å². The van der Waals surface area contributed by atoms with Crippen molar-refractivity contribution in [1.29, 1.82) is 0 Å². The van der Waals surface area contributed by atoms with Crippen molar-refractivity contribution >= 4 is 28.8 Å². The minimum atomic E-state index is -0.661. The fourth-order valence-corrected chi connectivity index (χ4v) is 4.51. The van der Waals surface area contributed by atoms with Gasteiger partial charge in [-0.3, -0.25) is 9.69 Å². The smallest absolute Gasteiger partial charge is 0.338 e. The summed E-state index contributed by atoms with van der Waals surface area (Å²) in [5, 5.41) is 0.594. The number of esters is 1. The Morgan fingerprint density at radius 3 is 2.72 bits per heavy atom. The predicted molar refractivity (Wildman–Crippen MR) is 123 cm³/mol. The Balaban J connectivity index is 2.03. The molecule has 0 spiro atoms. The fraction of sp³-hybridized carbons (Fsp3) is 0.522. The highest BCUT2D eigenvalue weighted by Crippen LogP contribution is 2.42. The highest BCUT2D eigenvalue weighted by Gasteiger charge is 2.42. The monoisotopic (exact) mass is 462 g/mol. The number of rotatable bonds is 9. The summed E-state index contributed by atoms with van der Waals surface area (Å²) in [7, 11) is 3.11. The number of ether oxygens (including phenoxy) is 4. The first-order valence-corrected chi connectivity index (χ1v) is 11.6. The molecule has 0 saturated carbocycles. The molecule has 0 aromatic heterocycles. The van der Waals surface area contributed by atoms with Crippen LogP contribution in [0, 0.1) is 5.92 Å². The van der Waals surface area contributed by atoms with Gasteiger partial charge in [0.05, 0.1) is 37.6 Å². The van der Waals surface area contributed by atoms with Crippen LogP contribution in [-0.2, 0) is 19.1 Å². The number of methoxy groups -OCH3 is 2. The van der Waals surface area contributed by atoms with E-state index in [2.05, 4.69) is 18.8 Å². The highest BCUT2D eigenvalue weighted by atomic mass is 32.2. The van der Waals surface area contributed by atoms with Crippen molar-refractivity contribution < 1.29 is 28.5 Å². The van der Waals surface area contributed by atoms with Gasteiger partial charge in [0.25, 0.3) is 0 Å². The van der Waals surface area contributed by atoms with Gasteiger partial charge in [0.1, 0.15) is 6.61 Å². The van der Waals surface area contributed by atoms with E-state index in [0.29, 0.717) is 52.6 Å². The number of thioether (sulfide) groups is 1. The van der Waals surface area contributed by atoms with Crippen molar-refractivity contribution in [2.45, 2.75) is 33.2 Å². The van der Waals surface area contributed by atoms with Gasteiger partial charge in [-0.2, -0.15) is 0 Å². The van der Waals surface area contributed by atoms with Crippen LogP contribution in [0.4, 0.5) is 0 Å². The SMILES string of the molecule is COCCOC(=O)C1=C(C)N=C2SCCC(=O)N2[C@@H]1c1ccc(OCC(C)C)c(OC)c1. The van der Waals surface area contributed by atoms with Crippen LogP contribution in [-0.4, -0.2) is 61.7 Å². The second-order valence-corrected chi connectivity index (χ2v) is 8.96. The first-order chi connectivity index (χ1) is 15.4. The molecule has 1 fully saturated rings. The molecule has 2 heterocycles. The van der Waals surface area contributed by atoms with E-state index >= 15 is 0 Å². The third-order valence-electron chi connectivity index (χ3n) is 5.02. The third kappa shape index (κ3) is 5.27.